The third kappa shape index (κ3) is 8.93. The Labute approximate surface area is 412 Å². The summed E-state index contributed by atoms with van der Waals surface area (Å²) in [5.41, 5.74) is 15.2. The molecule has 0 aliphatic carbocycles. The first-order chi connectivity index (χ1) is 34.8. The van der Waals surface area contributed by atoms with Gasteiger partial charge in [-0.1, -0.05) is 178 Å². The molecule has 0 spiro atoms. The lowest BCUT2D eigenvalue weighted by molar-refractivity contribution is 0.466. The number of phenols is 1. The van der Waals surface area contributed by atoms with Gasteiger partial charge in [0.25, 0.3) is 0 Å². The maximum absolute atomic E-state index is 12.6. The SMILES string of the molecule is [2H]C([2H])([2H])c1ccc(-c2ccnc(-c3cc(-c4cccc5c4nc(-c4cc(C(C)C)cc(C(C)C)c4O)n5-c4cc(-c5ccccc5)c(C([2H])([2H])[2H])cc4-c4ccc(C(C)(C)C)cc4)cc(C(C)(C)C)c3)c2)cc1. The van der Waals surface area contributed by atoms with E-state index in [9.17, 15) is 5.11 Å². The summed E-state index contributed by atoms with van der Waals surface area (Å²) < 4.78 is 52.6. The molecule has 0 bridgehead atoms. The van der Waals surface area contributed by atoms with Gasteiger partial charge in [-0.25, -0.2) is 4.98 Å². The van der Waals surface area contributed by atoms with Gasteiger partial charge in [-0.2, -0.15) is 0 Å². The van der Waals surface area contributed by atoms with Gasteiger partial charge < -0.3 is 5.11 Å². The van der Waals surface area contributed by atoms with Crippen LogP contribution in [0.15, 0.2) is 158 Å². The van der Waals surface area contributed by atoms with Crippen LogP contribution in [0.1, 0.15) is 123 Å². The third-order valence-corrected chi connectivity index (χ3v) is 13.3. The van der Waals surface area contributed by atoms with Gasteiger partial charge in [-0.3, -0.25) is 9.55 Å². The minimum atomic E-state index is -2.46. The van der Waals surface area contributed by atoms with Crippen LogP contribution in [0.25, 0.3) is 83.9 Å². The molecule has 0 amide bonds. The van der Waals surface area contributed by atoms with Crippen molar-refractivity contribution in [3.05, 3.63) is 191 Å². The van der Waals surface area contributed by atoms with Gasteiger partial charge in [0, 0.05) is 31.1 Å². The molecule has 0 atom stereocenters. The van der Waals surface area contributed by atoms with Crippen molar-refractivity contribution >= 4 is 11.0 Å². The van der Waals surface area contributed by atoms with Crippen LogP contribution in [0.4, 0.5) is 0 Å². The molecule has 68 heavy (non-hydrogen) atoms. The fourth-order valence-electron chi connectivity index (χ4n) is 9.19. The molecule has 0 aliphatic rings. The Bertz CT molecular complexity index is 3540. The van der Waals surface area contributed by atoms with Crippen molar-refractivity contribution in [1.82, 2.24) is 14.5 Å². The summed E-state index contributed by atoms with van der Waals surface area (Å²) in [5, 5.41) is 12.6. The zero-order chi connectivity index (χ0) is 53.2. The minimum Gasteiger partial charge on any atom is -0.507 e. The van der Waals surface area contributed by atoms with E-state index in [4.69, 9.17) is 18.2 Å². The first-order valence-electron chi connectivity index (χ1n) is 26.7. The average Bonchev–Trinajstić information content (AvgIpc) is 3.75. The molecule has 0 unspecified atom stereocenters. The van der Waals surface area contributed by atoms with Crippen molar-refractivity contribution in [2.45, 2.75) is 106 Å². The van der Waals surface area contributed by atoms with Crippen LogP contribution >= 0.6 is 0 Å². The standard InChI is InChI=1S/C64H65N3O/c1-39(2)47-35-53(40(3)4)61(68)56(36-47)62-66-60-52(48-32-49(34-51(33-48)64(10,11)12)57-37-46(29-30-65-57)43-23-21-41(5)22-24-43)19-16-20-58(60)67(62)59-38-54(44-17-14-13-15-18-44)42(6)31-55(59)45-25-27-50(28-26-45)63(7,8)9/h13-40,68H,1-12H3/i5D3,6D3. The average molecular weight is 898 g/mol. The number of benzene rings is 7. The molecule has 1 N–H and O–H groups in total. The number of hydrogen-bond donors (Lipinski definition) is 1. The topological polar surface area (TPSA) is 50.9 Å². The lowest BCUT2D eigenvalue weighted by Gasteiger charge is -2.22. The Morgan fingerprint density at radius 2 is 1.22 bits per heavy atom. The van der Waals surface area contributed by atoms with Gasteiger partial charge >= 0.3 is 0 Å². The van der Waals surface area contributed by atoms with Gasteiger partial charge in [0.1, 0.15) is 11.6 Å². The van der Waals surface area contributed by atoms with Gasteiger partial charge in [-0.05, 0) is 146 Å². The van der Waals surface area contributed by atoms with E-state index < -0.39 is 13.7 Å². The largest absolute Gasteiger partial charge is 0.507 e. The Hall–Kier alpha value is -7.04. The summed E-state index contributed by atoms with van der Waals surface area (Å²) in [6.07, 6.45) is 1.79. The number of fused-ring (bicyclic) bond motifs is 1. The number of pyridine rings is 1. The summed E-state index contributed by atoms with van der Waals surface area (Å²) in [6, 6.07) is 49.8. The van der Waals surface area contributed by atoms with Crippen LogP contribution in [0.2, 0.25) is 0 Å². The first-order valence-corrected chi connectivity index (χ1v) is 23.7. The predicted molar refractivity (Wildman–Crippen MR) is 288 cm³/mol. The molecule has 0 aliphatic heterocycles. The first kappa shape index (κ1) is 39.0. The van der Waals surface area contributed by atoms with E-state index >= 15 is 0 Å². The number of aromatic hydroxyl groups is 1. The summed E-state index contributed by atoms with van der Waals surface area (Å²) >= 11 is 0. The van der Waals surface area contributed by atoms with E-state index in [2.05, 4.69) is 141 Å². The lowest BCUT2D eigenvalue weighted by Crippen LogP contribution is -2.11. The van der Waals surface area contributed by atoms with Gasteiger partial charge in [0.2, 0.25) is 0 Å². The maximum atomic E-state index is 12.6. The third-order valence-electron chi connectivity index (χ3n) is 13.3. The molecule has 0 saturated heterocycles. The van der Waals surface area contributed by atoms with E-state index in [1.807, 2.05) is 72.8 Å². The molecule has 9 aromatic rings. The van der Waals surface area contributed by atoms with Crippen LogP contribution in [0, 0.1) is 13.7 Å². The number of aromatic nitrogens is 3. The van der Waals surface area contributed by atoms with Crippen molar-refractivity contribution in [2.75, 3.05) is 0 Å². The van der Waals surface area contributed by atoms with E-state index in [0.29, 0.717) is 33.7 Å². The van der Waals surface area contributed by atoms with E-state index in [0.717, 1.165) is 72.4 Å². The zero-order valence-corrected chi connectivity index (χ0v) is 41.0. The second-order valence-corrected chi connectivity index (χ2v) is 20.9. The van der Waals surface area contributed by atoms with E-state index in [1.54, 1.807) is 18.3 Å². The minimum absolute atomic E-state index is 0.000190. The summed E-state index contributed by atoms with van der Waals surface area (Å²) in [7, 11) is 0. The van der Waals surface area contributed by atoms with E-state index in [-0.39, 0.29) is 39.5 Å². The Morgan fingerprint density at radius 1 is 0.529 bits per heavy atom. The number of aryl methyl sites for hydroxylation is 2. The molecule has 2 heterocycles. The van der Waals surface area contributed by atoms with Crippen molar-refractivity contribution < 1.29 is 13.3 Å². The highest BCUT2D eigenvalue weighted by atomic mass is 16.3. The molecule has 342 valence electrons. The second kappa shape index (κ2) is 17.9. The zero-order valence-electron chi connectivity index (χ0n) is 47.0. The van der Waals surface area contributed by atoms with Crippen LogP contribution < -0.4 is 0 Å². The number of phenolic OH excluding ortho intramolecular Hbond substituents is 1. The predicted octanol–water partition coefficient (Wildman–Crippen LogP) is 17.6. The van der Waals surface area contributed by atoms with Crippen LogP contribution in [-0.2, 0) is 10.8 Å². The number of rotatable bonds is 9. The summed E-state index contributed by atoms with van der Waals surface area (Å²) in [4.78, 5) is 10.6. The van der Waals surface area contributed by atoms with Gasteiger partial charge in [0.05, 0.1) is 28.0 Å². The summed E-state index contributed by atoms with van der Waals surface area (Å²) in [6.45, 7) is 16.9. The van der Waals surface area contributed by atoms with Gasteiger partial charge in [-0.15, -0.1) is 0 Å². The van der Waals surface area contributed by atoms with E-state index in [1.165, 1.54) is 0 Å². The molecule has 4 nitrogen and oxygen atoms in total. The molecular weight excluding hydrogens is 827 g/mol. The highest BCUT2D eigenvalue weighted by molar-refractivity contribution is 5.98. The molecule has 4 heteroatoms. The van der Waals surface area contributed by atoms with Gasteiger partial charge in [0.15, 0.2) is 0 Å². The Balaban J connectivity index is 1.37. The highest BCUT2D eigenvalue weighted by Crippen LogP contribution is 2.46. The number of para-hydroxylation sites is 1. The lowest BCUT2D eigenvalue weighted by atomic mass is 9.83. The quantitative estimate of drug-likeness (QED) is 0.157. The van der Waals surface area contributed by atoms with Crippen LogP contribution in [-0.4, -0.2) is 19.6 Å². The monoisotopic (exact) mass is 898 g/mol. The van der Waals surface area contributed by atoms with Crippen LogP contribution in [0.3, 0.4) is 0 Å². The molecule has 0 fully saturated rings. The molecule has 2 aromatic heterocycles. The molecule has 0 saturated carbocycles. The second-order valence-electron chi connectivity index (χ2n) is 20.9. The van der Waals surface area contributed by atoms with Crippen molar-refractivity contribution in [3.8, 4) is 78.6 Å². The fraction of sp³-hybridized carbons (Fsp3) is 0.250. The number of imidazole rings is 1. The molecule has 7 aromatic carbocycles. The molecular formula is C64H65N3O. The van der Waals surface area contributed by atoms with Crippen LogP contribution in [0.5, 0.6) is 5.75 Å². The van der Waals surface area contributed by atoms with Crippen molar-refractivity contribution in [2.24, 2.45) is 0 Å². The maximum Gasteiger partial charge on any atom is 0.149 e. The number of nitrogens with zero attached hydrogens (tertiary/aromatic N) is 3. The molecule has 0 radical (unpaired) electrons. The Kier molecular flexibility index (Phi) is 10.3. The Morgan fingerprint density at radius 3 is 1.88 bits per heavy atom. The fourth-order valence-corrected chi connectivity index (χ4v) is 9.19. The smallest absolute Gasteiger partial charge is 0.149 e. The van der Waals surface area contributed by atoms with Crippen molar-refractivity contribution in [3.63, 3.8) is 0 Å². The molecule has 9 rings (SSSR count). The normalized spacial score (nSPS) is 13.8. The highest BCUT2D eigenvalue weighted by Gasteiger charge is 2.27. The number of hydrogen-bond acceptors (Lipinski definition) is 3. The summed E-state index contributed by atoms with van der Waals surface area (Å²) in [5.74, 6) is 0.811. The van der Waals surface area contributed by atoms with Crippen molar-refractivity contribution in [1.29, 1.82) is 0 Å².